The van der Waals surface area contributed by atoms with E-state index in [-0.39, 0.29) is 33.7 Å². The number of hydrogen-bond donors (Lipinski definition) is 0. The van der Waals surface area contributed by atoms with Gasteiger partial charge in [-0.1, -0.05) is 41.5 Å². The van der Waals surface area contributed by atoms with Gasteiger partial charge in [0.15, 0.2) is 11.8 Å². The van der Waals surface area contributed by atoms with Gasteiger partial charge in [0.25, 0.3) is 0 Å². The van der Waals surface area contributed by atoms with Crippen molar-refractivity contribution >= 4 is 55.2 Å². The quantitative estimate of drug-likeness (QED) is 0.313. The Bertz CT molecular complexity index is 470. The summed E-state index contributed by atoms with van der Waals surface area (Å²) in [6.45, 7) is 18.6. The third-order valence-electron chi connectivity index (χ3n) is 4.37. The molecular weight excluding hydrogens is 482 g/mol. The summed E-state index contributed by atoms with van der Waals surface area (Å²) in [4.78, 5) is 9.59. The molecule has 0 aromatic rings. The molecule has 2 aliphatic rings. The van der Waals surface area contributed by atoms with Gasteiger partial charge in [-0.25, -0.2) is 9.98 Å². The summed E-state index contributed by atoms with van der Waals surface area (Å²) in [5, 5.41) is 0.194. The Balaban J connectivity index is 0.000000997. The molecule has 27 heavy (non-hydrogen) atoms. The summed E-state index contributed by atoms with van der Waals surface area (Å²) in [5.74, 6) is 1.52. The molecule has 0 N–H and O–H groups in total. The van der Waals surface area contributed by atoms with Crippen LogP contribution in [0.2, 0.25) is 0 Å². The van der Waals surface area contributed by atoms with Crippen LogP contribution in [-0.2, 0) is 22.6 Å². The number of ether oxygens (including phenoxy) is 2. The Morgan fingerprint density at radius 1 is 0.815 bits per heavy atom. The predicted octanol–water partition coefficient (Wildman–Crippen LogP) is 6.50. The molecule has 0 aromatic heterocycles. The normalized spacial score (nSPS) is 22.5. The summed E-state index contributed by atoms with van der Waals surface area (Å²) in [6, 6.07) is 0.402. The number of alkyl halides is 2. The van der Waals surface area contributed by atoms with E-state index in [1.54, 1.807) is 0 Å². The Kier molecular flexibility index (Phi) is 12.0. The van der Waals surface area contributed by atoms with Gasteiger partial charge in [-0.2, -0.15) is 0 Å². The minimum atomic E-state index is -0.389. The molecule has 0 saturated carbocycles. The van der Waals surface area contributed by atoms with Crippen molar-refractivity contribution in [3.63, 3.8) is 0 Å². The molecule has 9 heteroatoms. The van der Waals surface area contributed by atoms with Crippen LogP contribution < -0.4 is 0 Å². The molecule has 0 aromatic carbocycles. The van der Waals surface area contributed by atoms with Crippen molar-refractivity contribution in [1.82, 2.24) is 0 Å². The van der Waals surface area contributed by atoms with Crippen LogP contribution in [0.15, 0.2) is 9.98 Å². The first-order valence-corrected chi connectivity index (χ1v) is 12.3. The van der Waals surface area contributed by atoms with Crippen LogP contribution in [0.1, 0.15) is 55.4 Å². The van der Waals surface area contributed by atoms with Gasteiger partial charge in [-0.3, -0.25) is 0 Å². The Hall–Kier alpha value is 0.619. The van der Waals surface area contributed by atoms with Gasteiger partial charge >= 0.3 is 33.3 Å². The SMILES string of the molecule is CC(C)(C1=N[C@@H](C(C)(C)C)CO1)C1=N[C@@H](C(C)(C)C)CO1.ClCCl.[Cl][Cu][Cl]. The summed E-state index contributed by atoms with van der Waals surface area (Å²) in [7, 11) is 9.34. The first kappa shape index (κ1) is 27.6. The topological polar surface area (TPSA) is 43.2 Å². The van der Waals surface area contributed by atoms with Crippen LogP contribution in [-0.4, -0.2) is 42.4 Å². The van der Waals surface area contributed by atoms with Crippen molar-refractivity contribution in [3.05, 3.63) is 0 Å². The first-order chi connectivity index (χ1) is 12.2. The standard InChI is InChI=1S/C17H30N2O2.CH2Cl2.2ClH.Cu/c1-15(2,3)11-9-20-13(18-11)17(7,8)14-19-12(10-21-14)16(4,5)6;2-1-3;;;/h11-12H,9-10H2,1-8H3;1H2;2*1H;/q;;;;+2/p-2/t11-,12-;;;;/m1..../s1. The molecule has 0 fully saturated rings. The molecule has 165 valence electrons. The minimum absolute atomic E-state index is 0.115. The third kappa shape index (κ3) is 8.88. The fourth-order valence-electron chi connectivity index (χ4n) is 2.41. The number of halogens is 4. The number of rotatable bonds is 2. The molecule has 2 rings (SSSR count). The zero-order valence-electron chi connectivity index (χ0n) is 17.3. The molecule has 0 spiro atoms. The molecule has 2 heterocycles. The van der Waals surface area contributed by atoms with Gasteiger partial charge in [-0.15, -0.1) is 23.2 Å². The molecule has 0 saturated heterocycles. The Morgan fingerprint density at radius 3 is 1.26 bits per heavy atom. The Morgan fingerprint density at radius 2 is 1.07 bits per heavy atom. The van der Waals surface area contributed by atoms with Crippen LogP contribution in [0.4, 0.5) is 0 Å². The van der Waals surface area contributed by atoms with Crippen LogP contribution in [0, 0.1) is 16.2 Å². The number of nitrogens with zero attached hydrogens (tertiary/aromatic N) is 2. The summed E-state index contributed by atoms with van der Waals surface area (Å²) in [6.07, 6.45) is 0. The zero-order valence-corrected chi connectivity index (χ0v) is 21.3. The second kappa shape index (κ2) is 11.7. The number of aliphatic imine (C=N–C) groups is 2. The monoisotopic (exact) mass is 511 g/mol. The second-order valence-corrected chi connectivity index (χ2v) is 11.4. The molecular formula is C18H32Cl4CuN2O2. The Labute approximate surface area is 189 Å². The van der Waals surface area contributed by atoms with E-state index in [2.05, 4.69) is 75.6 Å². The van der Waals surface area contributed by atoms with Crippen LogP contribution in [0.3, 0.4) is 0 Å². The van der Waals surface area contributed by atoms with E-state index in [1.807, 2.05) is 0 Å². The fourth-order valence-corrected chi connectivity index (χ4v) is 2.41. The number of hydrogen-bond acceptors (Lipinski definition) is 4. The van der Waals surface area contributed by atoms with Gasteiger partial charge in [0, 0.05) is 0 Å². The molecule has 4 nitrogen and oxygen atoms in total. The van der Waals surface area contributed by atoms with Gasteiger partial charge < -0.3 is 9.47 Å². The van der Waals surface area contributed by atoms with Gasteiger partial charge in [-0.05, 0) is 24.7 Å². The molecule has 0 unspecified atom stereocenters. The van der Waals surface area contributed by atoms with Crippen molar-refractivity contribution in [2.45, 2.75) is 67.5 Å². The van der Waals surface area contributed by atoms with Crippen LogP contribution >= 0.6 is 43.4 Å². The maximum atomic E-state index is 5.88. The summed E-state index contributed by atoms with van der Waals surface area (Å²) in [5.41, 5.74) is -0.158. The van der Waals surface area contributed by atoms with E-state index in [0.29, 0.717) is 13.2 Å². The van der Waals surface area contributed by atoms with Gasteiger partial charge in [0.05, 0.1) is 17.4 Å². The van der Waals surface area contributed by atoms with E-state index >= 15 is 0 Å². The van der Waals surface area contributed by atoms with Crippen LogP contribution in [0.25, 0.3) is 0 Å². The van der Waals surface area contributed by atoms with E-state index < -0.39 is 0 Å². The zero-order chi connectivity index (χ0) is 21.5. The van der Waals surface area contributed by atoms with E-state index in [4.69, 9.17) is 42.7 Å². The molecule has 0 aliphatic carbocycles. The predicted molar refractivity (Wildman–Crippen MR) is 115 cm³/mol. The maximum absolute atomic E-state index is 5.88. The fraction of sp³-hybridized carbons (Fsp3) is 0.889. The molecule has 2 atom stereocenters. The van der Waals surface area contributed by atoms with Crippen molar-refractivity contribution in [3.8, 4) is 0 Å². The average molecular weight is 514 g/mol. The third-order valence-corrected chi connectivity index (χ3v) is 4.37. The molecule has 0 radical (unpaired) electrons. The second-order valence-electron chi connectivity index (χ2n) is 9.02. The van der Waals surface area contributed by atoms with E-state index in [9.17, 15) is 0 Å². The van der Waals surface area contributed by atoms with Gasteiger partial charge in [0.2, 0.25) is 0 Å². The van der Waals surface area contributed by atoms with Gasteiger partial charge in [0.1, 0.15) is 18.6 Å². The van der Waals surface area contributed by atoms with Crippen molar-refractivity contribution in [1.29, 1.82) is 0 Å². The molecule has 0 amide bonds. The summed E-state index contributed by atoms with van der Waals surface area (Å²) >= 11 is 10.3. The summed E-state index contributed by atoms with van der Waals surface area (Å²) < 4.78 is 11.8. The average Bonchev–Trinajstić information content (AvgIpc) is 3.18. The molecule has 2 aliphatic heterocycles. The van der Waals surface area contributed by atoms with Crippen LogP contribution in [0.5, 0.6) is 0 Å². The van der Waals surface area contributed by atoms with E-state index in [1.165, 1.54) is 0 Å². The van der Waals surface area contributed by atoms with E-state index in [0.717, 1.165) is 24.9 Å². The van der Waals surface area contributed by atoms with Crippen molar-refractivity contribution < 1.29 is 22.6 Å². The van der Waals surface area contributed by atoms with Crippen molar-refractivity contribution in [2.24, 2.45) is 26.2 Å². The first-order valence-electron chi connectivity index (χ1n) is 8.61. The molecule has 0 bridgehead atoms. The van der Waals surface area contributed by atoms with Crippen molar-refractivity contribution in [2.75, 3.05) is 18.6 Å².